The predicted molar refractivity (Wildman–Crippen MR) is 79.3 cm³/mol. The van der Waals surface area contributed by atoms with Crippen molar-refractivity contribution < 1.29 is 54.1 Å². The van der Waals surface area contributed by atoms with Crippen LogP contribution in [0.15, 0.2) is 0 Å². The maximum atomic E-state index is 11.0. The summed E-state index contributed by atoms with van der Waals surface area (Å²) < 4.78 is 108. The molecule has 0 aromatic carbocycles. The summed E-state index contributed by atoms with van der Waals surface area (Å²) in [5.74, 6) is 0. The highest BCUT2D eigenvalue weighted by Crippen LogP contribution is 2.19. The van der Waals surface area contributed by atoms with Crippen molar-refractivity contribution in [1.29, 1.82) is 0 Å². The Morgan fingerprint density at radius 1 is 0.577 bits per heavy atom. The van der Waals surface area contributed by atoms with Crippen LogP contribution in [-0.2, 0) is 9.88 Å². The van der Waals surface area contributed by atoms with Gasteiger partial charge in [0, 0.05) is 0 Å². The molecule has 0 amide bonds. The second kappa shape index (κ2) is 29.0. The van der Waals surface area contributed by atoms with Crippen molar-refractivity contribution in [2.45, 2.75) is 65.7 Å². The Bertz CT molecular complexity index is 189. The quantitative estimate of drug-likeness (QED) is 0.432. The Labute approximate surface area is 147 Å². The first-order chi connectivity index (χ1) is 11.9. The van der Waals surface area contributed by atoms with Crippen molar-refractivity contribution in [2.24, 2.45) is 0 Å². The van der Waals surface area contributed by atoms with Gasteiger partial charge in [-0.05, 0) is 22.9 Å². The maximum absolute atomic E-state index is 11.0. The van der Waals surface area contributed by atoms with E-state index in [1.165, 1.54) is 26.7 Å². The Hall–Kier alpha value is -0.780. The third-order valence-electron chi connectivity index (χ3n) is 1.43. The fourth-order valence-corrected chi connectivity index (χ4v) is 0.309. The molecule has 0 fully saturated rings. The highest BCUT2D eigenvalue weighted by Gasteiger charge is 2.27. The van der Waals surface area contributed by atoms with E-state index < -0.39 is 38.4 Å². The van der Waals surface area contributed by atoms with E-state index in [2.05, 4.69) is 23.7 Å². The molecule has 166 valence electrons. The highest BCUT2D eigenvalue weighted by molar-refractivity contribution is 4.46. The van der Waals surface area contributed by atoms with E-state index in [9.17, 15) is 44.2 Å². The summed E-state index contributed by atoms with van der Waals surface area (Å²) >= 11 is 0. The average molecular weight is 418 g/mol. The van der Waals surface area contributed by atoms with Gasteiger partial charge in [0.25, 0.3) is 0 Å². The Morgan fingerprint density at radius 2 is 0.769 bits per heavy atom. The first-order valence-corrected chi connectivity index (χ1v) is 7.59. The summed E-state index contributed by atoms with van der Waals surface area (Å²) in [5.41, 5.74) is 0. The standard InChI is InChI=1S/C4H10.2C3H4F4O.2C2H5F/c1-3-4-2;2*4-3(5,6)1-2-8-7;2*1-2-3/h3-4H2,1-2H3;2*1-2H2;2*2H2,1H3. The maximum Gasteiger partial charge on any atom is 0.391 e. The van der Waals surface area contributed by atoms with Crippen molar-refractivity contribution in [2.75, 3.05) is 26.6 Å². The molecule has 0 spiro atoms. The van der Waals surface area contributed by atoms with Crippen LogP contribution in [0.4, 0.5) is 44.2 Å². The van der Waals surface area contributed by atoms with E-state index in [-0.39, 0.29) is 13.3 Å². The highest BCUT2D eigenvalue weighted by atomic mass is 19.4. The molecule has 0 aliphatic rings. The largest absolute Gasteiger partial charge is 0.391 e. The molecule has 0 atom stereocenters. The molecule has 0 N–H and O–H groups in total. The van der Waals surface area contributed by atoms with Crippen LogP contribution < -0.4 is 0 Å². The van der Waals surface area contributed by atoms with Gasteiger partial charge in [-0.15, -0.1) is 0 Å². The topological polar surface area (TPSA) is 18.5 Å². The van der Waals surface area contributed by atoms with Crippen molar-refractivity contribution in [3.63, 3.8) is 0 Å². The molecule has 0 unspecified atom stereocenters. The van der Waals surface area contributed by atoms with Gasteiger partial charge in [-0.3, -0.25) is 8.78 Å². The minimum atomic E-state index is -4.31. The molecule has 0 rings (SSSR count). The zero-order chi connectivity index (χ0) is 22.1. The summed E-state index contributed by atoms with van der Waals surface area (Å²) in [6.07, 6.45) is -8.45. The number of hydrogen-bond acceptors (Lipinski definition) is 2. The number of alkyl halides is 8. The van der Waals surface area contributed by atoms with Crippen LogP contribution >= 0.6 is 0 Å². The van der Waals surface area contributed by atoms with Gasteiger partial charge in [0.2, 0.25) is 0 Å². The number of unbranched alkanes of at least 4 members (excludes halogenated alkanes) is 1. The first-order valence-electron chi connectivity index (χ1n) is 7.59. The third-order valence-corrected chi connectivity index (χ3v) is 1.43. The van der Waals surface area contributed by atoms with Crippen molar-refractivity contribution in [3.05, 3.63) is 0 Å². The third kappa shape index (κ3) is 110. The minimum absolute atomic E-state index is 0.250. The van der Waals surface area contributed by atoms with Crippen LogP contribution in [-0.4, -0.2) is 38.9 Å². The van der Waals surface area contributed by atoms with Crippen LogP contribution in [0.5, 0.6) is 0 Å². The first kappa shape index (κ1) is 36.2. The zero-order valence-corrected chi connectivity index (χ0v) is 15.3. The van der Waals surface area contributed by atoms with Gasteiger partial charge in [-0.25, -0.2) is 0 Å². The van der Waals surface area contributed by atoms with E-state index in [1.807, 2.05) is 0 Å². The second-order valence-corrected chi connectivity index (χ2v) is 3.89. The van der Waals surface area contributed by atoms with Crippen LogP contribution in [0.25, 0.3) is 0 Å². The normalized spacial score (nSPS) is 9.92. The van der Waals surface area contributed by atoms with Gasteiger partial charge in [-0.2, -0.15) is 36.2 Å². The average Bonchev–Trinajstić information content (AvgIpc) is 2.52. The molecule has 0 bridgehead atoms. The zero-order valence-electron chi connectivity index (χ0n) is 15.3. The van der Waals surface area contributed by atoms with Crippen LogP contribution in [0, 0.1) is 0 Å². The molecule has 2 nitrogen and oxygen atoms in total. The molecule has 0 radical (unpaired) electrons. The number of halogens is 10. The van der Waals surface area contributed by atoms with Gasteiger partial charge >= 0.3 is 12.4 Å². The molecule has 0 heterocycles. The summed E-state index contributed by atoms with van der Waals surface area (Å²) in [4.78, 5) is 5.40. The van der Waals surface area contributed by atoms with Crippen molar-refractivity contribution in [3.8, 4) is 0 Å². The van der Waals surface area contributed by atoms with E-state index in [1.54, 1.807) is 0 Å². The summed E-state index contributed by atoms with van der Waals surface area (Å²) in [5, 5.41) is 0. The second-order valence-electron chi connectivity index (χ2n) is 3.89. The van der Waals surface area contributed by atoms with Gasteiger partial charge in [0.15, 0.2) is 0 Å². The molecule has 0 saturated carbocycles. The van der Waals surface area contributed by atoms with Gasteiger partial charge in [-0.1, -0.05) is 26.7 Å². The van der Waals surface area contributed by atoms with E-state index in [0.29, 0.717) is 0 Å². The molecule has 0 aromatic rings. The minimum Gasteiger partial charge on any atom is -0.251 e. The summed E-state index contributed by atoms with van der Waals surface area (Å²) in [7, 11) is 0. The molecule has 0 aliphatic heterocycles. The number of hydrogen-bond donors (Lipinski definition) is 0. The van der Waals surface area contributed by atoms with Crippen molar-refractivity contribution >= 4 is 0 Å². The smallest absolute Gasteiger partial charge is 0.251 e. The molecule has 12 heteroatoms. The van der Waals surface area contributed by atoms with E-state index in [0.717, 1.165) is 0 Å². The molecular formula is C14H28F10O2. The lowest BCUT2D eigenvalue weighted by molar-refractivity contribution is -0.188. The van der Waals surface area contributed by atoms with Crippen LogP contribution in [0.1, 0.15) is 53.4 Å². The number of rotatable bonds is 5. The van der Waals surface area contributed by atoms with E-state index >= 15 is 0 Å². The predicted octanol–water partition coefficient (Wildman–Crippen LogP) is 7.44. The Kier molecular flexibility index (Phi) is 40.4. The molecule has 0 saturated heterocycles. The molecule has 26 heavy (non-hydrogen) atoms. The van der Waals surface area contributed by atoms with E-state index in [4.69, 9.17) is 0 Å². The Morgan fingerprint density at radius 3 is 0.808 bits per heavy atom. The molecule has 0 aliphatic carbocycles. The molecular weight excluding hydrogens is 390 g/mol. The summed E-state index contributed by atoms with van der Waals surface area (Å²) in [6, 6.07) is 0. The van der Waals surface area contributed by atoms with Crippen LogP contribution in [0.2, 0.25) is 0 Å². The fraction of sp³-hybridized carbons (Fsp3) is 1.00. The van der Waals surface area contributed by atoms with Crippen LogP contribution in [0.3, 0.4) is 0 Å². The van der Waals surface area contributed by atoms with Gasteiger partial charge < -0.3 is 0 Å². The van der Waals surface area contributed by atoms with Gasteiger partial charge in [0.1, 0.15) is 0 Å². The molecule has 0 aromatic heterocycles. The summed E-state index contributed by atoms with van der Waals surface area (Å²) in [6.45, 7) is 4.95. The Balaban J connectivity index is -0.0000000762. The lowest BCUT2D eigenvalue weighted by Gasteiger charge is -2.00. The lowest BCUT2D eigenvalue weighted by Crippen LogP contribution is -2.09. The fourth-order valence-electron chi connectivity index (χ4n) is 0.309. The SMILES string of the molecule is CCCC.CCF.CCF.FOCCC(F)(F)F.FOCCC(F)(F)F. The van der Waals surface area contributed by atoms with Crippen molar-refractivity contribution in [1.82, 2.24) is 0 Å². The monoisotopic (exact) mass is 418 g/mol. The van der Waals surface area contributed by atoms with Gasteiger partial charge in [0.05, 0.1) is 39.4 Å². The lowest BCUT2D eigenvalue weighted by atomic mass is 10.4.